The third-order valence-corrected chi connectivity index (χ3v) is 8.21. The zero-order valence-corrected chi connectivity index (χ0v) is 25.2. The summed E-state index contributed by atoms with van der Waals surface area (Å²) in [6.07, 6.45) is 7.16. The number of urea groups is 1. The largest absolute Gasteiger partial charge is 0.383 e. The molecule has 0 saturated carbocycles. The maximum Gasteiger partial charge on any atom is 0.324 e. The van der Waals surface area contributed by atoms with Crippen LogP contribution >= 0.6 is 0 Å². The highest BCUT2D eigenvalue weighted by atomic mass is 16.5. The number of nitrogens with one attached hydrogen (secondary N) is 2. The van der Waals surface area contributed by atoms with Crippen LogP contribution in [0.2, 0.25) is 0 Å². The van der Waals surface area contributed by atoms with Gasteiger partial charge in [-0.05, 0) is 57.2 Å². The first kappa shape index (κ1) is 31.0. The number of rotatable bonds is 10. The van der Waals surface area contributed by atoms with Crippen LogP contribution in [0.25, 0.3) is 0 Å². The molecule has 0 bridgehead atoms. The smallest absolute Gasteiger partial charge is 0.324 e. The molecule has 0 aliphatic carbocycles. The highest BCUT2D eigenvalue weighted by molar-refractivity contribution is 5.90. The summed E-state index contributed by atoms with van der Waals surface area (Å²) in [5.41, 5.74) is 3.15. The summed E-state index contributed by atoms with van der Waals surface area (Å²) in [6, 6.07) is 3.53. The Bertz CT molecular complexity index is 1290. The van der Waals surface area contributed by atoms with Gasteiger partial charge in [0.05, 0.1) is 29.6 Å². The number of nitriles is 1. The number of carbonyl (C=O) groups is 3. The molecule has 4 heterocycles. The van der Waals surface area contributed by atoms with Gasteiger partial charge in [-0.1, -0.05) is 6.08 Å². The van der Waals surface area contributed by atoms with Crippen molar-refractivity contribution < 1.29 is 19.1 Å². The molecule has 0 aromatic carbocycles. The van der Waals surface area contributed by atoms with Crippen molar-refractivity contribution in [3.63, 3.8) is 0 Å². The minimum atomic E-state index is -0.437. The predicted octanol–water partition coefficient (Wildman–Crippen LogP) is 2.62. The van der Waals surface area contributed by atoms with E-state index in [1.807, 2.05) is 18.0 Å². The Balaban J connectivity index is 1.50. The second-order valence-electron chi connectivity index (χ2n) is 11.3. The number of likely N-dealkylation sites (tertiary alicyclic amines) is 2. The van der Waals surface area contributed by atoms with Gasteiger partial charge in [0, 0.05) is 59.1 Å². The van der Waals surface area contributed by atoms with Gasteiger partial charge in [0.25, 0.3) is 0 Å². The molecule has 42 heavy (non-hydrogen) atoms. The molecule has 3 aliphatic heterocycles. The van der Waals surface area contributed by atoms with E-state index in [1.165, 1.54) is 6.20 Å². The molecule has 1 aromatic rings. The van der Waals surface area contributed by atoms with E-state index in [2.05, 4.69) is 40.4 Å². The summed E-state index contributed by atoms with van der Waals surface area (Å²) in [5, 5.41) is 15.4. The fraction of sp³-hybridized carbons (Fsp3) is 0.567. The number of aromatic nitrogens is 1. The van der Waals surface area contributed by atoms with E-state index in [0.717, 1.165) is 49.7 Å². The number of anilines is 2. The van der Waals surface area contributed by atoms with Crippen LogP contribution in [-0.4, -0.2) is 115 Å². The maximum absolute atomic E-state index is 13.5. The SMILES string of the molecule is COCCNc1cc(NC(=O)N2CCCC3=CC(CN(C)C(=O)[C@H]4CCCN4C(C)C)=C(C=O)N(C)C32)ncc1C#N. The van der Waals surface area contributed by atoms with Gasteiger partial charge in [0.2, 0.25) is 5.91 Å². The van der Waals surface area contributed by atoms with Crippen LogP contribution in [0, 0.1) is 11.3 Å². The molecular weight excluding hydrogens is 536 g/mol. The molecule has 2 atom stereocenters. The number of nitrogens with zero attached hydrogens (tertiary/aromatic N) is 6. The van der Waals surface area contributed by atoms with Gasteiger partial charge in [0.1, 0.15) is 18.1 Å². The normalized spacial score (nSPS) is 20.6. The Kier molecular flexibility index (Phi) is 10.2. The molecule has 1 aromatic heterocycles. The first-order valence-electron chi connectivity index (χ1n) is 14.5. The third kappa shape index (κ3) is 6.58. The van der Waals surface area contributed by atoms with E-state index in [4.69, 9.17) is 4.74 Å². The van der Waals surface area contributed by atoms with Crippen LogP contribution in [0.1, 0.15) is 45.1 Å². The van der Waals surface area contributed by atoms with Crippen LogP contribution in [0.3, 0.4) is 0 Å². The van der Waals surface area contributed by atoms with Crippen molar-refractivity contribution in [2.75, 3.05) is 64.6 Å². The van der Waals surface area contributed by atoms with E-state index in [1.54, 1.807) is 30.0 Å². The second kappa shape index (κ2) is 13.8. The van der Waals surface area contributed by atoms with Crippen LogP contribution < -0.4 is 10.6 Å². The lowest BCUT2D eigenvalue weighted by Crippen LogP contribution is -2.56. The number of pyridine rings is 1. The summed E-state index contributed by atoms with van der Waals surface area (Å²) < 4.78 is 5.07. The van der Waals surface area contributed by atoms with Gasteiger partial charge >= 0.3 is 6.03 Å². The Labute approximate surface area is 248 Å². The Hall–Kier alpha value is -3.95. The fourth-order valence-electron chi connectivity index (χ4n) is 6.15. The lowest BCUT2D eigenvalue weighted by Gasteiger charge is -2.46. The Morgan fingerprint density at radius 2 is 2.10 bits per heavy atom. The number of carbonyl (C=O) groups excluding carboxylic acids is 3. The van der Waals surface area contributed by atoms with Gasteiger partial charge in [-0.25, -0.2) is 9.78 Å². The van der Waals surface area contributed by atoms with E-state index >= 15 is 0 Å². The van der Waals surface area contributed by atoms with Crippen LogP contribution in [0.5, 0.6) is 0 Å². The lowest BCUT2D eigenvalue weighted by atomic mass is 9.93. The highest BCUT2D eigenvalue weighted by Gasteiger charge is 2.39. The number of allylic oxidation sites excluding steroid dienone is 1. The molecule has 2 fully saturated rings. The van der Waals surface area contributed by atoms with E-state index < -0.39 is 6.17 Å². The van der Waals surface area contributed by atoms with Crippen LogP contribution in [0.4, 0.5) is 16.3 Å². The van der Waals surface area contributed by atoms with Gasteiger partial charge in [-0.2, -0.15) is 5.26 Å². The Morgan fingerprint density at radius 1 is 1.31 bits per heavy atom. The van der Waals surface area contributed by atoms with Gasteiger partial charge < -0.3 is 24.8 Å². The van der Waals surface area contributed by atoms with Crippen molar-refractivity contribution in [2.45, 2.75) is 57.8 Å². The summed E-state index contributed by atoms with van der Waals surface area (Å²) in [7, 11) is 5.20. The zero-order chi connectivity index (χ0) is 30.4. The number of likely N-dealkylation sites (N-methyl/N-ethyl adjacent to an activating group) is 2. The zero-order valence-electron chi connectivity index (χ0n) is 25.2. The Morgan fingerprint density at radius 3 is 2.79 bits per heavy atom. The van der Waals surface area contributed by atoms with Crippen molar-refractivity contribution in [1.29, 1.82) is 5.26 Å². The van der Waals surface area contributed by atoms with Crippen molar-refractivity contribution in [3.05, 3.63) is 40.7 Å². The van der Waals surface area contributed by atoms with Gasteiger partial charge in [0.15, 0.2) is 6.29 Å². The molecule has 0 radical (unpaired) electrons. The van der Waals surface area contributed by atoms with Crippen molar-refractivity contribution >= 4 is 29.7 Å². The molecule has 12 nitrogen and oxygen atoms in total. The maximum atomic E-state index is 13.5. The molecule has 2 saturated heterocycles. The number of aldehydes is 1. The summed E-state index contributed by atoms with van der Waals surface area (Å²) >= 11 is 0. The molecule has 4 rings (SSSR count). The minimum Gasteiger partial charge on any atom is -0.383 e. The topological polar surface area (TPSA) is 134 Å². The molecule has 226 valence electrons. The van der Waals surface area contributed by atoms with Crippen molar-refractivity contribution in [1.82, 2.24) is 24.6 Å². The molecule has 3 aliphatic rings. The van der Waals surface area contributed by atoms with Gasteiger partial charge in [-0.15, -0.1) is 0 Å². The summed E-state index contributed by atoms with van der Waals surface area (Å²) in [6.45, 7) is 6.91. The van der Waals surface area contributed by atoms with Gasteiger partial charge in [-0.3, -0.25) is 19.8 Å². The number of methoxy groups -OCH3 is 1. The molecular formula is C30H42N8O4. The average molecular weight is 579 g/mol. The lowest BCUT2D eigenvalue weighted by molar-refractivity contribution is -0.134. The molecule has 2 N–H and O–H groups in total. The van der Waals surface area contributed by atoms with E-state index in [-0.39, 0.29) is 18.0 Å². The van der Waals surface area contributed by atoms with Crippen molar-refractivity contribution in [3.8, 4) is 6.07 Å². The number of piperidine rings is 1. The van der Waals surface area contributed by atoms with Crippen LogP contribution in [0.15, 0.2) is 35.2 Å². The molecule has 12 heteroatoms. The monoisotopic (exact) mass is 578 g/mol. The summed E-state index contributed by atoms with van der Waals surface area (Å²) in [4.78, 5) is 51.0. The first-order valence-corrected chi connectivity index (χ1v) is 14.5. The molecule has 3 amide bonds. The minimum absolute atomic E-state index is 0.0674. The standard InChI is InChI=1S/C30H42N8O4/c1-20(2)37-11-7-9-25(37)29(40)35(3)18-22-14-21-8-6-12-38(28(21)36(4)26(22)19-39)30(41)34-27-15-24(32-10-13-42-5)23(16-31)17-33-27/h14-15,17,19-20,25,28H,6-13,18H2,1-5H3,(H2,32,33,34,41)/t25-,28?/m1/s1. The quantitative estimate of drug-likeness (QED) is 0.317. The van der Waals surface area contributed by atoms with E-state index in [0.29, 0.717) is 55.0 Å². The second-order valence-corrected chi connectivity index (χ2v) is 11.3. The van der Waals surface area contributed by atoms with Crippen LogP contribution in [-0.2, 0) is 14.3 Å². The third-order valence-electron chi connectivity index (χ3n) is 8.21. The molecule has 0 spiro atoms. The number of hydrogen-bond donors (Lipinski definition) is 2. The highest BCUT2D eigenvalue weighted by Crippen LogP contribution is 2.34. The molecule has 1 unspecified atom stereocenters. The fourth-order valence-corrected chi connectivity index (χ4v) is 6.15. The number of ether oxygens (including phenoxy) is 1. The predicted molar refractivity (Wildman–Crippen MR) is 160 cm³/mol. The first-order chi connectivity index (χ1) is 20.2. The van der Waals surface area contributed by atoms with E-state index in [9.17, 15) is 19.6 Å². The number of amides is 3. The average Bonchev–Trinajstić information content (AvgIpc) is 3.47. The van der Waals surface area contributed by atoms with Crippen molar-refractivity contribution in [2.24, 2.45) is 0 Å². The summed E-state index contributed by atoms with van der Waals surface area (Å²) in [5.74, 6) is 0.376. The number of fused-ring (bicyclic) bond motifs is 1. The number of hydrogen-bond acceptors (Lipinski definition) is 9.